The maximum absolute atomic E-state index is 12.4. The van der Waals surface area contributed by atoms with E-state index in [1.807, 2.05) is 12.1 Å². The molecule has 1 heterocycles. The fraction of sp³-hybridized carbons (Fsp3) is 0.500. The first kappa shape index (κ1) is 16.1. The smallest absolute Gasteiger partial charge is 0.228 e. The first-order valence-electron chi connectivity index (χ1n) is 7.09. The van der Waals surface area contributed by atoms with Crippen LogP contribution in [0.15, 0.2) is 18.2 Å². The molecule has 1 aliphatic rings. The molecule has 1 aromatic rings. The van der Waals surface area contributed by atoms with E-state index in [9.17, 15) is 9.59 Å². The van der Waals surface area contributed by atoms with E-state index in [4.69, 9.17) is 9.47 Å². The minimum absolute atomic E-state index is 0.0278. The van der Waals surface area contributed by atoms with Gasteiger partial charge in [0.15, 0.2) is 11.5 Å². The standard InChI is InChI=1S/C16H22N2O4/c1-17(2)16(20)11-9-14(19)18(3)15(11)10-6-7-12(21-4)13(8-10)22-5/h6-8,11,15H,9H2,1-5H3. The van der Waals surface area contributed by atoms with Crippen molar-refractivity contribution in [3.8, 4) is 11.5 Å². The Morgan fingerprint density at radius 2 is 1.86 bits per heavy atom. The number of likely N-dealkylation sites (tertiary alicyclic amines) is 1. The molecule has 6 heteroatoms. The van der Waals surface area contributed by atoms with Crippen LogP contribution in [0.25, 0.3) is 0 Å². The average molecular weight is 306 g/mol. The Kier molecular flexibility index (Phi) is 4.59. The van der Waals surface area contributed by atoms with E-state index < -0.39 is 0 Å². The summed E-state index contributed by atoms with van der Waals surface area (Å²) in [5.41, 5.74) is 0.867. The summed E-state index contributed by atoms with van der Waals surface area (Å²) in [6.07, 6.45) is 0.229. The number of carbonyl (C=O) groups excluding carboxylic acids is 2. The number of ether oxygens (including phenoxy) is 2. The third-order valence-corrected chi connectivity index (χ3v) is 4.09. The van der Waals surface area contributed by atoms with Crippen LogP contribution in [0.4, 0.5) is 0 Å². The van der Waals surface area contributed by atoms with Gasteiger partial charge in [-0.15, -0.1) is 0 Å². The van der Waals surface area contributed by atoms with Gasteiger partial charge in [0.05, 0.1) is 26.2 Å². The molecule has 0 aromatic heterocycles. The Morgan fingerprint density at radius 1 is 1.23 bits per heavy atom. The fourth-order valence-corrected chi connectivity index (χ4v) is 2.92. The van der Waals surface area contributed by atoms with Crippen LogP contribution in [-0.4, -0.2) is 57.0 Å². The number of nitrogens with zero attached hydrogens (tertiary/aromatic N) is 2. The van der Waals surface area contributed by atoms with Crippen molar-refractivity contribution in [2.75, 3.05) is 35.4 Å². The van der Waals surface area contributed by atoms with Crippen LogP contribution >= 0.6 is 0 Å². The number of amides is 2. The molecule has 120 valence electrons. The van der Waals surface area contributed by atoms with E-state index in [-0.39, 0.29) is 30.2 Å². The summed E-state index contributed by atoms with van der Waals surface area (Å²) >= 11 is 0. The highest BCUT2D eigenvalue weighted by Gasteiger charge is 2.43. The third kappa shape index (κ3) is 2.73. The molecule has 0 N–H and O–H groups in total. The van der Waals surface area contributed by atoms with E-state index in [0.717, 1.165) is 5.56 Å². The van der Waals surface area contributed by atoms with Crippen molar-refractivity contribution >= 4 is 11.8 Å². The van der Waals surface area contributed by atoms with E-state index in [2.05, 4.69) is 0 Å². The molecule has 1 fully saturated rings. The lowest BCUT2D eigenvalue weighted by molar-refractivity contribution is -0.134. The maximum Gasteiger partial charge on any atom is 0.228 e. The molecule has 1 aromatic carbocycles. The normalized spacial score (nSPS) is 21.0. The minimum atomic E-state index is -0.384. The first-order valence-corrected chi connectivity index (χ1v) is 7.09. The van der Waals surface area contributed by atoms with Gasteiger partial charge >= 0.3 is 0 Å². The van der Waals surface area contributed by atoms with Crippen molar-refractivity contribution in [1.82, 2.24) is 9.80 Å². The quantitative estimate of drug-likeness (QED) is 0.841. The molecule has 2 amide bonds. The molecule has 1 aliphatic heterocycles. The van der Waals surface area contributed by atoms with Crippen molar-refractivity contribution in [2.24, 2.45) is 5.92 Å². The molecule has 0 spiro atoms. The van der Waals surface area contributed by atoms with Crippen LogP contribution < -0.4 is 9.47 Å². The van der Waals surface area contributed by atoms with Crippen LogP contribution in [-0.2, 0) is 9.59 Å². The zero-order valence-electron chi connectivity index (χ0n) is 13.6. The summed E-state index contributed by atoms with van der Waals surface area (Å²) in [7, 11) is 8.27. The van der Waals surface area contributed by atoms with Gasteiger partial charge in [0.2, 0.25) is 11.8 Å². The molecular formula is C16H22N2O4. The van der Waals surface area contributed by atoms with Crippen LogP contribution in [0.1, 0.15) is 18.0 Å². The summed E-state index contributed by atoms with van der Waals surface area (Å²) in [5.74, 6) is 0.751. The highest BCUT2D eigenvalue weighted by Crippen LogP contribution is 2.40. The second-order valence-electron chi connectivity index (χ2n) is 5.61. The summed E-state index contributed by atoms with van der Waals surface area (Å²) in [5, 5.41) is 0. The number of methoxy groups -OCH3 is 2. The van der Waals surface area contributed by atoms with Crippen LogP contribution in [0.2, 0.25) is 0 Å². The van der Waals surface area contributed by atoms with Gasteiger partial charge in [0.1, 0.15) is 0 Å². The lowest BCUT2D eigenvalue weighted by Gasteiger charge is -2.27. The highest BCUT2D eigenvalue weighted by molar-refractivity contribution is 5.90. The van der Waals surface area contributed by atoms with Gasteiger partial charge in [-0.3, -0.25) is 9.59 Å². The minimum Gasteiger partial charge on any atom is -0.493 e. The predicted octanol–water partition coefficient (Wildman–Crippen LogP) is 1.31. The Bertz CT molecular complexity index is 586. The fourth-order valence-electron chi connectivity index (χ4n) is 2.92. The Hall–Kier alpha value is -2.24. The molecule has 2 atom stereocenters. The van der Waals surface area contributed by atoms with Gasteiger partial charge in [-0.1, -0.05) is 6.07 Å². The van der Waals surface area contributed by atoms with Gasteiger partial charge in [-0.05, 0) is 17.7 Å². The molecule has 0 radical (unpaired) electrons. The lowest BCUT2D eigenvalue weighted by atomic mass is 9.92. The Balaban J connectivity index is 2.43. The summed E-state index contributed by atoms with van der Waals surface area (Å²) in [6, 6.07) is 5.20. The summed E-state index contributed by atoms with van der Waals surface area (Å²) < 4.78 is 10.6. The molecule has 0 saturated carbocycles. The van der Waals surface area contributed by atoms with Crippen molar-refractivity contribution < 1.29 is 19.1 Å². The van der Waals surface area contributed by atoms with Gasteiger partial charge in [-0.2, -0.15) is 0 Å². The van der Waals surface area contributed by atoms with Gasteiger partial charge in [0.25, 0.3) is 0 Å². The average Bonchev–Trinajstić information content (AvgIpc) is 2.81. The second kappa shape index (κ2) is 6.25. The molecular weight excluding hydrogens is 284 g/mol. The van der Waals surface area contributed by atoms with Crippen molar-refractivity contribution in [2.45, 2.75) is 12.5 Å². The van der Waals surface area contributed by atoms with E-state index in [1.165, 1.54) is 4.90 Å². The molecule has 2 unspecified atom stereocenters. The summed E-state index contributed by atoms with van der Waals surface area (Å²) in [4.78, 5) is 27.6. The van der Waals surface area contributed by atoms with Gasteiger partial charge < -0.3 is 19.3 Å². The summed E-state index contributed by atoms with van der Waals surface area (Å²) in [6.45, 7) is 0. The highest BCUT2D eigenvalue weighted by atomic mass is 16.5. The van der Waals surface area contributed by atoms with Crippen molar-refractivity contribution in [1.29, 1.82) is 0 Å². The third-order valence-electron chi connectivity index (χ3n) is 4.09. The van der Waals surface area contributed by atoms with Crippen LogP contribution in [0.5, 0.6) is 11.5 Å². The largest absolute Gasteiger partial charge is 0.493 e. The van der Waals surface area contributed by atoms with E-state index >= 15 is 0 Å². The predicted molar refractivity (Wildman–Crippen MR) is 81.9 cm³/mol. The second-order valence-corrected chi connectivity index (χ2v) is 5.61. The maximum atomic E-state index is 12.4. The molecule has 6 nitrogen and oxygen atoms in total. The number of hydrogen-bond acceptors (Lipinski definition) is 4. The van der Waals surface area contributed by atoms with Gasteiger partial charge in [0, 0.05) is 27.6 Å². The van der Waals surface area contributed by atoms with E-state index in [1.54, 1.807) is 46.3 Å². The van der Waals surface area contributed by atoms with Crippen LogP contribution in [0.3, 0.4) is 0 Å². The molecule has 0 aliphatic carbocycles. The molecule has 1 saturated heterocycles. The zero-order chi connectivity index (χ0) is 16.4. The van der Waals surface area contributed by atoms with Gasteiger partial charge in [-0.25, -0.2) is 0 Å². The lowest BCUT2D eigenvalue weighted by Crippen LogP contribution is -2.33. The number of rotatable bonds is 4. The SMILES string of the molecule is COc1ccc(C2C(C(=O)N(C)C)CC(=O)N2C)cc1OC. The Morgan fingerprint density at radius 3 is 2.41 bits per heavy atom. The molecule has 22 heavy (non-hydrogen) atoms. The topological polar surface area (TPSA) is 59.1 Å². The molecule has 0 bridgehead atoms. The zero-order valence-corrected chi connectivity index (χ0v) is 13.6. The monoisotopic (exact) mass is 306 g/mol. The van der Waals surface area contributed by atoms with Crippen molar-refractivity contribution in [3.63, 3.8) is 0 Å². The van der Waals surface area contributed by atoms with Crippen LogP contribution in [0, 0.1) is 5.92 Å². The number of carbonyl (C=O) groups is 2. The Labute approximate surface area is 130 Å². The first-order chi connectivity index (χ1) is 10.4. The van der Waals surface area contributed by atoms with E-state index in [0.29, 0.717) is 11.5 Å². The van der Waals surface area contributed by atoms with Crippen molar-refractivity contribution in [3.05, 3.63) is 23.8 Å². The number of hydrogen-bond donors (Lipinski definition) is 0. The number of benzene rings is 1. The molecule has 2 rings (SSSR count).